The lowest BCUT2D eigenvalue weighted by Gasteiger charge is -2.26. The molecule has 0 saturated carbocycles. The molecule has 0 bridgehead atoms. The van der Waals surface area contributed by atoms with Crippen molar-refractivity contribution >= 4 is 10.0 Å². The maximum absolute atomic E-state index is 12.7. The molecule has 0 atom stereocenters. The SMILES string of the molecule is O=S(=O)(c1ccc(-c2ccc(-c3ccccc3)cc2)cc1)N1CCOCC1. The quantitative estimate of drug-likeness (QED) is 0.687. The number of hydrogen-bond acceptors (Lipinski definition) is 3. The maximum atomic E-state index is 12.7. The van der Waals surface area contributed by atoms with Gasteiger partial charge in [0, 0.05) is 13.1 Å². The minimum atomic E-state index is -3.45. The summed E-state index contributed by atoms with van der Waals surface area (Å²) in [6.07, 6.45) is 0. The number of sulfonamides is 1. The van der Waals surface area contributed by atoms with Gasteiger partial charge in [-0.2, -0.15) is 4.31 Å². The Bertz CT molecular complexity index is 992. The molecule has 1 aliphatic rings. The van der Waals surface area contributed by atoms with Crippen LogP contribution in [-0.2, 0) is 14.8 Å². The van der Waals surface area contributed by atoms with E-state index in [0.717, 1.165) is 16.7 Å². The van der Waals surface area contributed by atoms with E-state index in [1.807, 2.05) is 30.3 Å². The van der Waals surface area contributed by atoms with Crippen LogP contribution in [0.15, 0.2) is 83.8 Å². The first-order chi connectivity index (χ1) is 13.1. The van der Waals surface area contributed by atoms with Gasteiger partial charge in [0.15, 0.2) is 0 Å². The fraction of sp³-hybridized carbons (Fsp3) is 0.182. The molecule has 3 aromatic rings. The summed E-state index contributed by atoms with van der Waals surface area (Å²) in [6, 6.07) is 25.6. The smallest absolute Gasteiger partial charge is 0.243 e. The molecule has 0 N–H and O–H groups in total. The summed E-state index contributed by atoms with van der Waals surface area (Å²) in [5.74, 6) is 0. The summed E-state index contributed by atoms with van der Waals surface area (Å²) in [5, 5.41) is 0. The molecule has 0 aromatic heterocycles. The van der Waals surface area contributed by atoms with E-state index in [2.05, 4.69) is 36.4 Å². The first kappa shape index (κ1) is 17.9. The van der Waals surface area contributed by atoms with Gasteiger partial charge >= 0.3 is 0 Å². The van der Waals surface area contributed by atoms with Crippen molar-refractivity contribution in [3.05, 3.63) is 78.9 Å². The molecule has 0 aliphatic carbocycles. The molecule has 0 spiro atoms. The van der Waals surface area contributed by atoms with E-state index in [9.17, 15) is 8.42 Å². The molecule has 27 heavy (non-hydrogen) atoms. The normalized spacial score (nSPS) is 15.6. The van der Waals surface area contributed by atoms with Crippen molar-refractivity contribution in [1.29, 1.82) is 0 Å². The molecule has 1 saturated heterocycles. The van der Waals surface area contributed by atoms with Crippen LogP contribution in [0.4, 0.5) is 0 Å². The Balaban J connectivity index is 1.55. The number of nitrogens with zero attached hydrogens (tertiary/aromatic N) is 1. The van der Waals surface area contributed by atoms with Gasteiger partial charge in [0.1, 0.15) is 0 Å². The highest BCUT2D eigenvalue weighted by molar-refractivity contribution is 7.89. The van der Waals surface area contributed by atoms with Crippen LogP contribution in [0.3, 0.4) is 0 Å². The lowest BCUT2D eigenvalue weighted by Crippen LogP contribution is -2.40. The molecule has 4 rings (SSSR count). The minimum Gasteiger partial charge on any atom is -0.379 e. The van der Waals surface area contributed by atoms with Crippen LogP contribution in [0, 0.1) is 0 Å². The van der Waals surface area contributed by atoms with Gasteiger partial charge in [-0.1, -0.05) is 66.7 Å². The third-order valence-corrected chi connectivity index (χ3v) is 6.70. The number of rotatable bonds is 4. The first-order valence-electron chi connectivity index (χ1n) is 8.98. The number of hydrogen-bond donors (Lipinski definition) is 0. The second-order valence-electron chi connectivity index (χ2n) is 6.48. The van der Waals surface area contributed by atoms with Gasteiger partial charge in [0.25, 0.3) is 0 Å². The Morgan fingerprint density at radius 3 is 1.59 bits per heavy atom. The molecule has 1 heterocycles. The monoisotopic (exact) mass is 379 g/mol. The molecule has 0 radical (unpaired) electrons. The largest absolute Gasteiger partial charge is 0.379 e. The van der Waals surface area contributed by atoms with E-state index in [1.165, 1.54) is 9.87 Å². The van der Waals surface area contributed by atoms with Gasteiger partial charge in [-0.15, -0.1) is 0 Å². The highest BCUT2D eigenvalue weighted by atomic mass is 32.2. The van der Waals surface area contributed by atoms with Crippen LogP contribution >= 0.6 is 0 Å². The molecule has 4 nitrogen and oxygen atoms in total. The first-order valence-corrected chi connectivity index (χ1v) is 10.4. The lowest BCUT2D eigenvalue weighted by molar-refractivity contribution is 0.0730. The fourth-order valence-electron chi connectivity index (χ4n) is 3.24. The molecule has 1 aliphatic heterocycles. The van der Waals surface area contributed by atoms with Gasteiger partial charge in [0.05, 0.1) is 18.1 Å². The summed E-state index contributed by atoms with van der Waals surface area (Å²) in [4.78, 5) is 0.328. The predicted molar refractivity (Wildman–Crippen MR) is 107 cm³/mol. The van der Waals surface area contributed by atoms with Crippen LogP contribution < -0.4 is 0 Å². The second-order valence-corrected chi connectivity index (χ2v) is 8.42. The Hall–Kier alpha value is -2.47. The molecular weight excluding hydrogens is 358 g/mol. The minimum absolute atomic E-state index is 0.328. The van der Waals surface area contributed by atoms with Crippen molar-refractivity contribution in [1.82, 2.24) is 4.31 Å². The van der Waals surface area contributed by atoms with Crippen molar-refractivity contribution < 1.29 is 13.2 Å². The second kappa shape index (κ2) is 7.64. The molecule has 138 valence electrons. The maximum Gasteiger partial charge on any atom is 0.243 e. The fourth-order valence-corrected chi connectivity index (χ4v) is 4.65. The summed E-state index contributed by atoms with van der Waals surface area (Å²) in [7, 11) is -3.45. The van der Waals surface area contributed by atoms with Crippen molar-refractivity contribution in [2.75, 3.05) is 26.3 Å². The van der Waals surface area contributed by atoms with Crippen LogP contribution in [0.1, 0.15) is 0 Å². The highest BCUT2D eigenvalue weighted by Crippen LogP contribution is 2.26. The van der Waals surface area contributed by atoms with E-state index >= 15 is 0 Å². The van der Waals surface area contributed by atoms with Crippen LogP contribution in [0.5, 0.6) is 0 Å². The Kier molecular flexibility index (Phi) is 5.07. The van der Waals surface area contributed by atoms with Crippen LogP contribution in [0.25, 0.3) is 22.3 Å². The molecule has 0 amide bonds. The third-order valence-electron chi connectivity index (χ3n) is 4.79. The van der Waals surface area contributed by atoms with E-state index in [-0.39, 0.29) is 0 Å². The molecule has 0 unspecified atom stereocenters. The topological polar surface area (TPSA) is 46.6 Å². The van der Waals surface area contributed by atoms with Gasteiger partial charge in [-0.3, -0.25) is 0 Å². The van der Waals surface area contributed by atoms with Crippen molar-refractivity contribution in [2.45, 2.75) is 4.90 Å². The van der Waals surface area contributed by atoms with E-state index in [4.69, 9.17) is 4.74 Å². The van der Waals surface area contributed by atoms with E-state index in [1.54, 1.807) is 12.1 Å². The predicted octanol–water partition coefficient (Wildman–Crippen LogP) is 4.04. The van der Waals surface area contributed by atoms with Crippen molar-refractivity contribution in [2.24, 2.45) is 0 Å². The average Bonchev–Trinajstić information content (AvgIpc) is 2.75. The molecule has 5 heteroatoms. The summed E-state index contributed by atoms with van der Waals surface area (Å²) in [6.45, 7) is 1.71. The third kappa shape index (κ3) is 3.81. The number of ether oxygens (including phenoxy) is 1. The zero-order valence-corrected chi connectivity index (χ0v) is 15.7. The molecule has 3 aromatic carbocycles. The number of benzene rings is 3. The van der Waals surface area contributed by atoms with Gasteiger partial charge in [-0.05, 0) is 34.4 Å². The van der Waals surface area contributed by atoms with Gasteiger partial charge < -0.3 is 4.74 Å². The molecule has 1 fully saturated rings. The lowest BCUT2D eigenvalue weighted by atomic mass is 10.0. The Morgan fingerprint density at radius 2 is 1.07 bits per heavy atom. The van der Waals surface area contributed by atoms with Crippen molar-refractivity contribution in [3.8, 4) is 22.3 Å². The summed E-state index contributed by atoms with van der Waals surface area (Å²) >= 11 is 0. The Labute approximate surface area is 160 Å². The summed E-state index contributed by atoms with van der Waals surface area (Å²) in [5.41, 5.74) is 4.39. The van der Waals surface area contributed by atoms with Gasteiger partial charge in [0.2, 0.25) is 10.0 Å². The zero-order valence-electron chi connectivity index (χ0n) is 14.9. The van der Waals surface area contributed by atoms with Crippen molar-refractivity contribution in [3.63, 3.8) is 0 Å². The van der Waals surface area contributed by atoms with Crippen LogP contribution in [0.2, 0.25) is 0 Å². The Morgan fingerprint density at radius 1 is 0.630 bits per heavy atom. The van der Waals surface area contributed by atoms with Crippen LogP contribution in [-0.4, -0.2) is 39.0 Å². The zero-order chi connectivity index (χ0) is 18.7. The van der Waals surface area contributed by atoms with E-state index in [0.29, 0.717) is 31.2 Å². The van der Waals surface area contributed by atoms with Gasteiger partial charge in [-0.25, -0.2) is 8.42 Å². The average molecular weight is 379 g/mol. The molecular formula is C22H21NO3S. The van der Waals surface area contributed by atoms with E-state index < -0.39 is 10.0 Å². The standard InChI is InChI=1S/C22H21NO3S/c24-27(25,23-14-16-26-17-15-23)22-12-10-21(11-13-22)20-8-6-19(7-9-20)18-4-2-1-3-5-18/h1-13H,14-17H2. The highest BCUT2D eigenvalue weighted by Gasteiger charge is 2.26. The summed E-state index contributed by atoms with van der Waals surface area (Å²) < 4.78 is 32.1. The number of morpholine rings is 1.